The van der Waals surface area contributed by atoms with Crippen molar-refractivity contribution < 1.29 is 0 Å². The molecule has 0 spiro atoms. The Balaban J connectivity index is 2.50. The summed E-state index contributed by atoms with van der Waals surface area (Å²) in [5.74, 6) is 0. The Morgan fingerprint density at radius 3 is 2.93 bits per heavy atom. The summed E-state index contributed by atoms with van der Waals surface area (Å²) in [6, 6.07) is 11.8. The molecule has 1 N–H and O–H groups in total. The van der Waals surface area contributed by atoms with Crippen LogP contribution in [0.25, 0.3) is 21.7 Å². The van der Waals surface area contributed by atoms with Gasteiger partial charge in [0.05, 0.1) is 23.3 Å². The van der Waals surface area contributed by atoms with Crippen LogP contribution in [0.1, 0.15) is 5.56 Å². The number of aromatic amines is 1. The molecule has 0 fully saturated rings. The van der Waals surface area contributed by atoms with Gasteiger partial charge in [-0.2, -0.15) is 10.4 Å². The predicted octanol–water partition coefficient (Wildman–Crippen LogP) is 2.59. The summed E-state index contributed by atoms with van der Waals surface area (Å²) < 4.78 is 0. The van der Waals surface area contributed by atoms with Crippen molar-refractivity contribution in [2.45, 2.75) is 0 Å². The Labute approximate surface area is 85.9 Å². The third-order valence-electron chi connectivity index (χ3n) is 2.57. The van der Waals surface area contributed by atoms with Crippen molar-refractivity contribution in [2.24, 2.45) is 0 Å². The highest BCUT2D eigenvalue weighted by molar-refractivity contribution is 6.06. The lowest BCUT2D eigenvalue weighted by Gasteiger charge is -1.98. The average Bonchev–Trinajstić information content (AvgIpc) is 2.76. The van der Waals surface area contributed by atoms with Gasteiger partial charge in [-0.15, -0.1) is 0 Å². The second kappa shape index (κ2) is 2.82. The number of benzene rings is 2. The minimum absolute atomic E-state index is 0.686. The molecule has 3 nitrogen and oxygen atoms in total. The van der Waals surface area contributed by atoms with Gasteiger partial charge in [0.1, 0.15) is 0 Å². The molecule has 0 unspecified atom stereocenters. The second-order valence-electron chi connectivity index (χ2n) is 3.44. The van der Waals surface area contributed by atoms with Crippen molar-refractivity contribution in [3.05, 3.63) is 42.1 Å². The summed E-state index contributed by atoms with van der Waals surface area (Å²) in [4.78, 5) is 0. The van der Waals surface area contributed by atoms with Crippen LogP contribution in [-0.2, 0) is 0 Å². The van der Waals surface area contributed by atoms with Gasteiger partial charge in [0, 0.05) is 5.39 Å². The van der Waals surface area contributed by atoms with Crippen molar-refractivity contribution >= 4 is 21.7 Å². The minimum atomic E-state index is 0.686. The van der Waals surface area contributed by atoms with Crippen LogP contribution in [0.3, 0.4) is 0 Å². The standard InChI is InChI=1S/C12H7N3/c13-6-8-1-3-10-9(5-8)2-4-12-11(10)7-14-15-12/h1-5,7H,(H,14,15). The van der Waals surface area contributed by atoms with E-state index < -0.39 is 0 Å². The van der Waals surface area contributed by atoms with E-state index in [-0.39, 0.29) is 0 Å². The third kappa shape index (κ3) is 1.09. The van der Waals surface area contributed by atoms with E-state index in [0.717, 1.165) is 21.7 Å². The zero-order chi connectivity index (χ0) is 10.3. The van der Waals surface area contributed by atoms with Gasteiger partial charge in [0.15, 0.2) is 0 Å². The third-order valence-corrected chi connectivity index (χ3v) is 2.57. The number of nitrogens with one attached hydrogen (secondary N) is 1. The number of nitrogens with zero attached hydrogens (tertiary/aromatic N) is 2. The highest BCUT2D eigenvalue weighted by atomic mass is 15.1. The minimum Gasteiger partial charge on any atom is -0.278 e. The molecule has 1 aromatic heterocycles. The molecule has 0 aliphatic rings. The van der Waals surface area contributed by atoms with Crippen molar-refractivity contribution in [1.82, 2.24) is 10.2 Å². The maximum absolute atomic E-state index is 8.80. The maximum Gasteiger partial charge on any atom is 0.0991 e. The Hall–Kier alpha value is -2.34. The van der Waals surface area contributed by atoms with Crippen LogP contribution in [-0.4, -0.2) is 10.2 Å². The van der Waals surface area contributed by atoms with Crippen molar-refractivity contribution in [3.8, 4) is 6.07 Å². The number of nitriles is 1. The molecule has 1 heterocycles. The zero-order valence-electron chi connectivity index (χ0n) is 7.86. The van der Waals surface area contributed by atoms with Gasteiger partial charge in [-0.3, -0.25) is 5.10 Å². The lowest BCUT2D eigenvalue weighted by molar-refractivity contribution is 1.12. The smallest absolute Gasteiger partial charge is 0.0991 e. The number of hydrogen-bond donors (Lipinski definition) is 1. The number of aromatic nitrogens is 2. The summed E-state index contributed by atoms with van der Waals surface area (Å²) in [6.45, 7) is 0. The van der Waals surface area contributed by atoms with Gasteiger partial charge in [-0.25, -0.2) is 0 Å². The zero-order valence-corrected chi connectivity index (χ0v) is 7.86. The lowest BCUT2D eigenvalue weighted by Crippen LogP contribution is -1.77. The molecule has 3 rings (SSSR count). The predicted molar refractivity (Wildman–Crippen MR) is 58.3 cm³/mol. The highest BCUT2D eigenvalue weighted by Crippen LogP contribution is 2.24. The SMILES string of the molecule is N#Cc1ccc2c(ccc3[nH]ncc32)c1. The van der Waals surface area contributed by atoms with Crippen LogP contribution in [0.15, 0.2) is 36.5 Å². The van der Waals surface area contributed by atoms with Crippen LogP contribution < -0.4 is 0 Å². The van der Waals surface area contributed by atoms with Gasteiger partial charge < -0.3 is 0 Å². The Bertz CT molecular complexity index is 689. The van der Waals surface area contributed by atoms with E-state index in [9.17, 15) is 0 Å². The largest absolute Gasteiger partial charge is 0.278 e. The molecular weight excluding hydrogens is 186 g/mol. The number of rotatable bonds is 0. The molecule has 0 aliphatic heterocycles. The Morgan fingerprint density at radius 2 is 2.07 bits per heavy atom. The first-order valence-electron chi connectivity index (χ1n) is 4.64. The van der Waals surface area contributed by atoms with E-state index in [0.29, 0.717) is 5.56 Å². The monoisotopic (exact) mass is 193 g/mol. The first kappa shape index (κ1) is 8.01. The van der Waals surface area contributed by atoms with Crippen LogP contribution in [0.4, 0.5) is 0 Å². The van der Waals surface area contributed by atoms with E-state index in [4.69, 9.17) is 5.26 Å². The summed E-state index contributed by atoms with van der Waals surface area (Å²) >= 11 is 0. The van der Waals surface area contributed by atoms with Crippen molar-refractivity contribution in [2.75, 3.05) is 0 Å². The fourth-order valence-corrected chi connectivity index (χ4v) is 1.83. The molecule has 0 saturated carbocycles. The van der Waals surface area contributed by atoms with Crippen LogP contribution in [0, 0.1) is 11.3 Å². The average molecular weight is 193 g/mol. The van der Waals surface area contributed by atoms with Crippen LogP contribution in [0.2, 0.25) is 0 Å². The number of hydrogen-bond acceptors (Lipinski definition) is 2. The summed E-state index contributed by atoms with van der Waals surface area (Å²) in [5, 5.41) is 19.0. The summed E-state index contributed by atoms with van der Waals surface area (Å²) in [6.07, 6.45) is 1.81. The normalized spacial score (nSPS) is 10.6. The van der Waals surface area contributed by atoms with Crippen LogP contribution in [0.5, 0.6) is 0 Å². The molecule has 0 amide bonds. The van der Waals surface area contributed by atoms with Gasteiger partial charge in [0.25, 0.3) is 0 Å². The fourth-order valence-electron chi connectivity index (χ4n) is 1.83. The van der Waals surface area contributed by atoms with E-state index in [1.54, 1.807) is 0 Å². The first-order chi connectivity index (χ1) is 7.38. The molecule has 0 aliphatic carbocycles. The van der Waals surface area contributed by atoms with Crippen molar-refractivity contribution in [3.63, 3.8) is 0 Å². The molecule has 3 aromatic rings. The molecular formula is C12H7N3. The molecule has 3 heteroatoms. The van der Waals surface area contributed by atoms with E-state index in [1.807, 2.05) is 36.5 Å². The van der Waals surface area contributed by atoms with Crippen molar-refractivity contribution in [1.29, 1.82) is 5.26 Å². The molecule has 0 saturated heterocycles. The van der Waals surface area contributed by atoms with Gasteiger partial charge in [-0.05, 0) is 29.0 Å². The molecule has 70 valence electrons. The second-order valence-corrected chi connectivity index (χ2v) is 3.44. The molecule has 0 atom stereocenters. The quantitative estimate of drug-likeness (QED) is 0.596. The molecule has 0 bridgehead atoms. The maximum atomic E-state index is 8.80. The summed E-state index contributed by atoms with van der Waals surface area (Å²) in [7, 11) is 0. The van der Waals surface area contributed by atoms with E-state index in [1.165, 1.54) is 0 Å². The first-order valence-corrected chi connectivity index (χ1v) is 4.64. The number of H-pyrrole nitrogens is 1. The Kier molecular flexibility index (Phi) is 1.51. The summed E-state index contributed by atoms with van der Waals surface area (Å²) in [5.41, 5.74) is 1.71. The fraction of sp³-hybridized carbons (Fsp3) is 0. The highest BCUT2D eigenvalue weighted by Gasteiger charge is 2.02. The Morgan fingerprint density at radius 1 is 1.13 bits per heavy atom. The molecule has 15 heavy (non-hydrogen) atoms. The lowest BCUT2D eigenvalue weighted by atomic mass is 10.0. The molecule has 2 aromatic carbocycles. The van der Waals surface area contributed by atoms with Gasteiger partial charge >= 0.3 is 0 Å². The van der Waals surface area contributed by atoms with E-state index >= 15 is 0 Å². The van der Waals surface area contributed by atoms with Gasteiger partial charge in [-0.1, -0.05) is 12.1 Å². The molecule has 0 radical (unpaired) electrons. The van der Waals surface area contributed by atoms with E-state index in [2.05, 4.69) is 16.3 Å². The topological polar surface area (TPSA) is 52.5 Å². The number of fused-ring (bicyclic) bond motifs is 3. The van der Waals surface area contributed by atoms with Crippen LogP contribution >= 0.6 is 0 Å². The van der Waals surface area contributed by atoms with Gasteiger partial charge in [0.2, 0.25) is 0 Å².